The van der Waals surface area contributed by atoms with Gasteiger partial charge in [-0.3, -0.25) is 4.79 Å². The highest BCUT2D eigenvalue weighted by Crippen LogP contribution is 2.49. The highest BCUT2D eigenvalue weighted by molar-refractivity contribution is 5.98. The first-order valence-electron chi connectivity index (χ1n) is 6.15. The Bertz CT molecular complexity index is 469. The van der Waals surface area contributed by atoms with Crippen LogP contribution in [0.4, 0.5) is 8.78 Å². The molecule has 3 unspecified atom stereocenters. The fourth-order valence-electron chi connectivity index (χ4n) is 3.46. The van der Waals surface area contributed by atoms with E-state index < -0.39 is 11.6 Å². The topological polar surface area (TPSA) is 17.1 Å². The zero-order chi connectivity index (χ0) is 12.0. The molecule has 3 rings (SSSR count). The van der Waals surface area contributed by atoms with E-state index in [1.165, 1.54) is 18.6 Å². The summed E-state index contributed by atoms with van der Waals surface area (Å²) in [6, 6.07) is 3.85. The van der Waals surface area contributed by atoms with Gasteiger partial charge in [-0.05, 0) is 43.2 Å². The molecule has 1 aromatic carbocycles. The van der Waals surface area contributed by atoms with Crippen LogP contribution < -0.4 is 0 Å². The van der Waals surface area contributed by atoms with Crippen molar-refractivity contribution in [3.05, 3.63) is 35.4 Å². The van der Waals surface area contributed by atoms with Crippen LogP contribution >= 0.6 is 0 Å². The molecule has 2 saturated carbocycles. The summed E-state index contributed by atoms with van der Waals surface area (Å²) in [4.78, 5) is 12.2. The maximum atomic E-state index is 13.6. The minimum atomic E-state index is -0.986. The highest BCUT2D eigenvalue weighted by atomic mass is 19.2. The van der Waals surface area contributed by atoms with Gasteiger partial charge in [0.15, 0.2) is 17.4 Å². The fourth-order valence-corrected chi connectivity index (χ4v) is 3.46. The van der Waals surface area contributed by atoms with Crippen LogP contribution in [0.15, 0.2) is 18.2 Å². The lowest BCUT2D eigenvalue weighted by Gasteiger charge is -2.20. The van der Waals surface area contributed by atoms with E-state index in [1.807, 2.05) is 0 Å². The molecule has 2 aliphatic rings. The number of halogens is 2. The number of hydrogen-bond acceptors (Lipinski definition) is 1. The summed E-state index contributed by atoms with van der Waals surface area (Å²) >= 11 is 0. The van der Waals surface area contributed by atoms with Gasteiger partial charge in [-0.15, -0.1) is 0 Å². The molecule has 1 aromatic rings. The van der Waals surface area contributed by atoms with Crippen LogP contribution in [0.2, 0.25) is 0 Å². The molecule has 1 nitrogen and oxygen atoms in total. The Balaban J connectivity index is 1.89. The Hall–Kier alpha value is -1.25. The number of Topliss-reactive ketones (excluding diaryl/α,β-unsaturated/α-hetero) is 1. The molecule has 2 aliphatic carbocycles. The summed E-state index contributed by atoms with van der Waals surface area (Å²) in [6.07, 6.45) is 4.21. The summed E-state index contributed by atoms with van der Waals surface area (Å²) in [5.41, 5.74) is -0.0671. The molecule has 2 fully saturated rings. The van der Waals surface area contributed by atoms with E-state index in [9.17, 15) is 13.6 Å². The molecule has 0 amide bonds. The minimum Gasteiger partial charge on any atom is -0.294 e. The van der Waals surface area contributed by atoms with Crippen LogP contribution in [0, 0.1) is 29.4 Å². The van der Waals surface area contributed by atoms with E-state index in [2.05, 4.69) is 0 Å². The average Bonchev–Trinajstić information content (AvgIpc) is 2.94. The molecule has 0 aliphatic heterocycles. The number of fused-ring (bicyclic) bond motifs is 2. The molecule has 0 heterocycles. The van der Waals surface area contributed by atoms with Crippen molar-refractivity contribution in [3.63, 3.8) is 0 Å². The molecule has 3 heteroatoms. The van der Waals surface area contributed by atoms with E-state index in [-0.39, 0.29) is 17.3 Å². The predicted molar refractivity (Wildman–Crippen MR) is 59.6 cm³/mol. The number of hydrogen-bond donors (Lipinski definition) is 0. The average molecular weight is 236 g/mol. The summed E-state index contributed by atoms with van der Waals surface area (Å²) in [7, 11) is 0. The van der Waals surface area contributed by atoms with Gasteiger partial charge in [-0.25, -0.2) is 8.78 Å². The Morgan fingerprint density at radius 3 is 2.65 bits per heavy atom. The van der Waals surface area contributed by atoms with Gasteiger partial charge in [0.25, 0.3) is 0 Å². The molecule has 2 bridgehead atoms. The first-order chi connectivity index (χ1) is 8.16. The van der Waals surface area contributed by atoms with Crippen LogP contribution in [-0.4, -0.2) is 5.78 Å². The van der Waals surface area contributed by atoms with E-state index >= 15 is 0 Å². The van der Waals surface area contributed by atoms with Gasteiger partial charge in [0, 0.05) is 5.92 Å². The maximum Gasteiger partial charge on any atom is 0.169 e. The number of carbonyl (C=O) groups is 1. The number of rotatable bonds is 2. The van der Waals surface area contributed by atoms with E-state index in [0.29, 0.717) is 11.8 Å². The lowest BCUT2D eigenvalue weighted by atomic mass is 9.83. The third-order valence-corrected chi connectivity index (χ3v) is 4.29. The van der Waals surface area contributed by atoms with Crippen molar-refractivity contribution in [1.82, 2.24) is 0 Å². The molecule has 17 heavy (non-hydrogen) atoms. The van der Waals surface area contributed by atoms with Gasteiger partial charge in [-0.2, -0.15) is 0 Å². The van der Waals surface area contributed by atoms with Gasteiger partial charge in [0.2, 0.25) is 0 Å². The SMILES string of the molecule is O=C(c1cccc(F)c1F)C1CC2CCC1C2. The molecule has 0 saturated heterocycles. The third-order valence-electron chi connectivity index (χ3n) is 4.29. The van der Waals surface area contributed by atoms with Gasteiger partial charge in [-0.1, -0.05) is 12.5 Å². The zero-order valence-electron chi connectivity index (χ0n) is 9.46. The highest BCUT2D eigenvalue weighted by Gasteiger charge is 2.43. The second-order valence-electron chi connectivity index (χ2n) is 5.25. The van der Waals surface area contributed by atoms with Crippen molar-refractivity contribution >= 4 is 5.78 Å². The largest absolute Gasteiger partial charge is 0.294 e. The van der Waals surface area contributed by atoms with Gasteiger partial charge in [0.1, 0.15) is 0 Å². The fraction of sp³-hybridized carbons (Fsp3) is 0.500. The van der Waals surface area contributed by atoms with Crippen molar-refractivity contribution in [2.45, 2.75) is 25.7 Å². The van der Waals surface area contributed by atoms with Gasteiger partial charge >= 0.3 is 0 Å². The van der Waals surface area contributed by atoms with Gasteiger partial charge in [0.05, 0.1) is 5.56 Å². The maximum absolute atomic E-state index is 13.6. The Kier molecular flexibility index (Phi) is 2.49. The summed E-state index contributed by atoms with van der Waals surface area (Å²) in [5.74, 6) is -1.17. The third kappa shape index (κ3) is 1.68. The van der Waals surface area contributed by atoms with Crippen LogP contribution in [0.1, 0.15) is 36.0 Å². The predicted octanol–water partition coefficient (Wildman–Crippen LogP) is 3.58. The standard InChI is InChI=1S/C14H14F2O/c15-12-3-1-2-10(13(12)16)14(17)11-7-8-4-5-9(11)6-8/h1-3,8-9,11H,4-7H2. The number of ketones is 1. The first kappa shape index (κ1) is 10.9. The van der Waals surface area contributed by atoms with Crippen molar-refractivity contribution in [2.75, 3.05) is 0 Å². The van der Waals surface area contributed by atoms with Gasteiger partial charge < -0.3 is 0 Å². The second kappa shape index (κ2) is 3.90. The van der Waals surface area contributed by atoms with E-state index in [1.54, 1.807) is 0 Å². The van der Waals surface area contributed by atoms with E-state index in [4.69, 9.17) is 0 Å². The Morgan fingerprint density at radius 1 is 1.18 bits per heavy atom. The van der Waals surface area contributed by atoms with Crippen LogP contribution in [0.3, 0.4) is 0 Å². The summed E-state index contributed by atoms with van der Waals surface area (Å²) < 4.78 is 26.6. The first-order valence-corrected chi connectivity index (χ1v) is 6.15. The lowest BCUT2D eigenvalue weighted by Crippen LogP contribution is -2.22. The number of benzene rings is 1. The summed E-state index contributed by atoms with van der Waals surface area (Å²) in [6.45, 7) is 0. The monoisotopic (exact) mass is 236 g/mol. The Morgan fingerprint density at radius 2 is 2.00 bits per heavy atom. The minimum absolute atomic E-state index is 0.0671. The molecule has 0 spiro atoms. The van der Waals surface area contributed by atoms with Crippen LogP contribution in [0.25, 0.3) is 0 Å². The van der Waals surface area contributed by atoms with E-state index in [0.717, 1.165) is 25.3 Å². The van der Waals surface area contributed by atoms with Crippen molar-refractivity contribution < 1.29 is 13.6 Å². The lowest BCUT2D eigenvalue weighted by molar-refractivity contribution is 0.0869. The quantitative estimate of drug-likeness (QED) is 0.717. The van der Waals surface area contributed by atoms with Crippen molar-refractivity contribution in [1.29, 1.82) is 0 Å². The van der Waals surface area contributed by atoms with Crippen LogP contribution in [-0.2, 0) is 0 Å². The smallest absolute Gasteiger partial charge is 0.169 e. The Labute approximate surface area is 98.8 Å². The molecule has 0 radical (unpaired) electrons. The molecule has 90 valence electrons. The summed E-state index contributed by atoms with van der Waals surface area (Å²) in [5, 5.41) is 0. The zero-order valence-corrected chi connectivity index (χ0v) is 9.46. The molecule has 3 atom stereocenters. The molecular weight excluding hydrogens is 222 g/mol. The van der Waals surface area contributed by atoms with Crippen molar-refractivity contribution in [3.8, 4) is 0 Å². The van der Waals surface area contributed by atoms with Crippen molar-refractivity contribution in [2.24, 2.45) is 17.8 Å². The number of carbonyl (C=O) groups excluding carboxylic acids is 1. The molecular formula is C14H14F2O. The molecule has 0 aromatic heterocycles. The second-order valence-corrected chi connectivity index (χ2v) is 5.25. The normalized spacial score (nSPS) is 30.8. The molecule has 0 N–H and O–H groups in total. The van der Waals surface area contributed by atoms with Crippen LogP contribution in [0.5, 0.6) is 0 Å².